The van der Waals surface area contributed by atoms with Crippen LogP contribution in [-0.2, 0) is 50.3 Å². The molecule has 0 aliphatic heterocycles. The van der Waals surface area contributed by atoms with Gasteiger partial charge in [0.15, 0.2) is 11.9 Å². The van der Waals surface area contributed by atoms with Crippen LogP contribution in [0.1, 0.15) is 171 Å². The molecular weight excluding hydrogens is 757 g/mol. The van der Waals surface area contributed by atoms with E-state index in [1.165, 1.54) is 43.2 Å². The highest BCUT2D eigenvalue weighted by Crippen LogP contribution is 2.43. The number of rotatable bonds is 37. The van der Waals surface area contributed by atoms with E-state index in [1.54, 1.807) is 6.08 Å². The maximum absolute atomic E-state index is 12.7. The smallest absolute Gasteiger partial charge is 0.466 e. The maximum Gasteiger partial charge on any atom is 0.472 e. The normalized spacial score (nSPS) is 13.7. The van der Waals surface area contributed by atoms with Crippen LogP contribution in [0.3, 0.4) is 0 Å². The van der Waals surface area contributed by atoms with Crippen molar-refractivity contribution >= 4 is 25.5 Å². The van der Waals surface area contributed by atoms with Crippen molar-refractivity contribution in [3.8, 4) is 0 Å². The number of likely N-dealkylation sites (N-methyl/N-ethyl adjacent to an activating group) is 1. The number of unbranched alkanes of at least 4 members (excludes halogenated alkanes) is 14. The quantitative estimate of drug-likeness (QED) is 0.0172. The molecule has 1 heterocycles. The van der Waals surface area contributed by atoms with Gasteiger partial charge in [-0.3, -0.25) is 23.4 Å². The number of allylic oxidation sites excluding steroid dienone is 4. The minimum Gasteiger partial charge on any atom is -0.466 e. The predicted molar refractivity (Wildman–Crippen MR) is 233 cm³/mol. The molecule has 1 rings (SSSR count). The zero-order valence-electron chi connectivity index (χ0n) is 37.5. The third-order valence-corrected chi connectivity index (χ3v) is 11.1. The first-order valence-corrected chi connectivity index (χ1v) is 23.9. The molecule has 0 fully saturated rings. The standard InChI is InChI=1S/C46H80NO10P/c1-8-10-11-12-15-19-24-30-41(48)31-25-20-18-23-27-33-45(49)53-37-42(38-55-58(51,52)54-36-35-47(5,6)7)56-46(50)34-28-22-17-14-13-16-21-26-32-44-40(4)39(3)43(57-44)29-9-2/h15,19,24,30,42H,8-14,16-18,20-23,25-29,31-38H2,1-7H3/p+1/b19-15-,30-24+/t42-/m1/s1. The number of phosphoric ester groups is 1. The van der Waals surface area contributed by atoms with E-state index in [0.717, 1.165) is 95.0 Å². The van der Waals surface area contributed by atoms with E-state index in [4.69, 9.17) is 22.9 Å². The van der Waals surface area contributed by atoms with Crippen LogP contribution in [0.4, 0.5) is 0 Å². The number of hydrogen-bond donors (Lipinski definition) is 1. The number of furan rings is 1. The molecule has 0 aliphatic carbocycles. The molecule has 1 unspecified atom stereocenters. The number of ether oxygens (including phenoxy) is 2. The largest absolute Gasteiger partial charge is 0.472 e. The molecule has 11 nitrogen and oxygen atoms in total. The van der Waals surface area contributed by atoms with E-state index < -0.39 is 32.5 Å². The Kier molecular flexibility index (Phi) is 29.7. The predicted octanol–water partition coefficient (Wildman–Crippen LogP) is 11.2. The zero-order chi connectivity index (χ0) is 43.1. The third kappa shape index (κ3) is 28.8. The number of ketones is 1. The van der Waals surface area contributed by atoms with E-state index in [-0.39, 0.29) is 31.8 Å². The van der Waals surface area contributed by atoms with Crippen molar-refractivity contribution in [1.29, 1.82) is 0 Å². The molecule has 2 atom stereocenters. The van der Waals surface area contributed by atoms with Crippen LogP contribution in [0.25, 0.3) is 0 Å². The summed E-state index contributed by atoms with van der Waals surface area (Å²) in [5, 5.41) is 0. The monoisotopic (exact) mass is 839 g/mol. The maximum atomic E-state index is 12.7. The molecule has 0 amide bonds. The number of esters is 2. The fraction of sp³-hybridized carbons (Fsp3) is 0.761. The zero-order valence-corrected chi connectivity index (χ0v) is 38.4. The minimum absolute atomic E-state index is 0.00514. The third-order valence-electron chi connectivity index (χ3n) is 10.1. The van der Waals surface area contributed by atoms with Crippen LogP contribution in [0.5, 0.6) is 0 Å². The van der Waals surface area contributed by atoms with Crippen molar-refractivity contribution < 1.29 is 51.3 Å². The van der Waals surface area contributed by atoms with Gasteiger partial charge in [-0.1, -0.05) is 103 Å². The van der Waals surface area contributed by atoms with Crippen LogP contribution in [0.2, 0.25) is 0 Å². The highest BCUT2D eigenvalue weighted by atomic mass is 31.2. The SMILES string of the molecule is CCCCC/C=C\C=C\C(=O)CCCCCCCC(=O)OC[C@H](COP(=O)(O)OCC[N+](C)(C)C)OC(=O)CCCCCCCCCCc1oc(CCC)c(C)c1C. The molecule has 0 radical (unpaired) electrons. The fourth-order valence-electron chi connectivity index (χ4n) is 6.34. The molecule has 0 saturated heterocycles. The second-order valence-electron chi connectivity index (χ2n) is 16.7. The van der Waals surface area contributed by atoms with Crippen LogP contribution in [0, 0.1) is 13.8 Å². The molecule has 0 aliphatic rings. The molecule has 58 heavy (non-hydrogen) atoms. The van der Waals surface area contributed by atoms with Gasteiger partial charge in [-0.15, -0.1) is 0 Å². The van der Waals surface area contributed by atoms with Crippen molar-refractivity contribution in [2.24, 2.45) is 0 Å². The molecule has 334 valence electrons. The Morgan fingerprint density at radius 3 is 1.86 bits per heavy atom. The summed E-state index contributed by atoms with van der Waals surface area (Å²) in [6.45, 7) is 8.44. The molecule has 12 heteroatoms. The van der Waals surface area contributed by atoms with E-state index >= 15 is 0 Å². The Labute approximate surface area is 351 Å². The average Bonchev–Trinajstić information content (AvgIpc) is 3.43. The number of hydrogen-bond acceptors (Lipinski definition) is 9. The second-order valence-corrected chi connectivity index (χ2v) is 18.2. The lowest BCUT2D eigenvalue weighted by molar-refractivity contribution is -0.870. The van der Waals surface area contributed by atoms with Crippen molar-refractivity contribution in [3.63, 3.8) is 0 Å². The van der Waals surface area contributed by atoms with Gasteiger partial charge in [0.2, 0.25) is 0 Å². The Balaban J connectivity index is 2.37. The highest BCUT2D eigenvalue weighted by molar-refractivity contribution is 7.47. The lowest BCUT2D eigenvalue weighted by Crippen LogP contribution is -2.37. The molecular formula is C46H81NO10P+. The summed E-state index contributed by atoms with van der Waals surface area (Å²) in [6, 6.07) is 0. The summed E-state index contributed by atoms with van der Waals surface area (Å²) in [5.74, 6) is 1.49. The second kappa shape index (κ2) is 32.2. The molecule has 0 bridgehead atoms. The van der Waals surface area contributed by atoms with Crippen molar-refractivity contribution in [3.05, 3.63) is 47.0 Å². The van der Waals surface area contributed by atoms with Gasteiger partial charge in [0.1, 0.15) is 31.3 Å². The summed E-state index contributed by atoms with van der Waals surface area (Å²) in [6.07, 6.45) is 27.5. The Morgan fingerprint density at radius 2 is 1.26 bits per heavy atom. The van der Waals surface area contributed by atoms with E-state index in [2.05, 4.69) is 33.8 Å². The van der Waals surface area contributed by atoms with E-state index in [1.807, 2.05) is 33.3 Å². The topological polar surface area (TPSA) is 139 Å². The lowest BCUT2D eigenvalue weighted by atomic mass is 10.0. The minimum atomic E-state index is -4.41. The van der Waals surface area contributed by atoms with Gasteiger partial charge in [0, 0.05) is 32.1 Å². The molecule has 0 saturated carbocycles. The summed E-state index contributed by atoms with van der Waals surface area (Å²) in [7, 11) is 1.39. The number of aryl methyl sites for hydroxylation is 2. The number of quaternary nitrogens is 1. The van der Waals surface area contributed by atoms with Crippen molar-refractivity contribution in [2.45, 2.75) is 181 Å². The van der Waals surface area contributed by atoms with Gasteiger partial charge in [-0.2, -0.15) is 0 Å². The Hall–Kier alpha value is -2.56. The van der Waals surface area contributed by atoms with Gasteiger partial charge in [0.05, 0.1) is 27.7 Å². The van der Waals surface area contributed by atoms with Crippen molar-refractivity contribution in [2.75, 3.05) is 47.5 Å². The van der Waals surface area contributed by atoms with Crippen LogP contribution < -0.4 is 0 Å². The van der Waals surface area contributed by atoms with Crippen LogP contribution in [0.15, 0.2) is 28.7 Å². The van der Waals surface area contributed by atoms with Crippen LogP contribution in [-0.4, -0.2) is 80.7 Å². The summed E-state index contributed by atoms with van der Waals surface area (Å²) < 4.78 is 40.4. The summed E-state index contributed by atoms with van der Waals surface area (Å²) in [5.41, 5.74) is 2.61. The van der Waals surface area contributed by atoms with Gasteiger partial charge in [0.25, 0.3) is 0 Å². The first-order chi connectivity index (χ1) is 27.7. The molecule has 1 aromatic heterocycles. The molecule has 1 N–H and O–H groups in total. The fourth-order valence-corrected chi connectivity index (χ4v) is 7.08. The van der Waals surface area contributed by atoms with Crippen LogP contribution >= 0.6 is 7.82 Å². The average molecular weight is 839 g/mol. The molecule has 0 aromatic carbocycles. The molecule has 0 spiro atoms. The van der Waals surface area contributed by atoms with Gasteiger partial charge < -0.3 is 23.3 Å². The number of nitrogens with zero attached hydrogens (tertiary/aromatic N) is 1. The van der Waals surface area contributed by atoms with Gasteiger partial charge >= 0.3 is 19.8 Å². The Morgan fingerprint density at radius 1 is 0.690 bits per heavy atom. The lowest BCUT2D eigenvalue weighted by Gasteiger charge is -2.24. The highest BCUT2D eigenvalue weighted by Gasteiger charge is 2.27. The van der Waals surface area contributed by atoms with Crippen molar-refractivity contribution in [1.82, 2.24) is 0 Å². The summed E-state index contributed by atoms with van der Waals surface area (Å²) >= 11 is 0. The number of phosphoric acid groups is 1. The van der Waals surface area contributed by atoms with E-state index in [9.17, 15) is 23.8 Å². The van der Waals surface area contributed by atoms with Gasteiger partial charge in [-0.05, 0) is 76.0 Å². The molecule has 1 aromatic rings. The number of carbonyl (C=O) groups is 3. The summed E-state index contributed by atoms with van der Waals surface area (Å²) in [4.78, 5) is 47.5. The first-order valence-electron chi connectivity index (χ1n) is 22.4. The van der Waals surface area contributed by atoms with E-state index in [0.29, 0.717) is 30.3 Å². The number of carbonyl (C=O) groups excluding carboxylic acids is 3. The Bertz CT molecular complexity index is 1380. The first kappa shape index (κ1) is 53.5. The van der Waals surface area contributed by atoms with Gasteiger partial charge in [-0.25, -0.2) is 4.57 Å².